The molecule has 1 aliphatic heterocycles. The highest BCUT2D eigenvalue weighted by molar-refractivity contribution is 5.52. The average Bonchev–Trinajstić information content (AvgIpc) is 2.78. The minimum Gasteiger partial charge on any atom is -0.330 e. The third-order valence-corrected chi connectivity index (χ3v) is 3.39. The first-order valence-corrected chi connectivity index (χ1v) is 6.42. The maximum Gasteiger partial charge on any atom is 0.0193 e. The third kappa shape index (κ3) is 3.69. The van der Waals surface area contributed by atoms with E-state index in [4.69, 9.17) is 5.73 Å². The van der Waals surface area contributed by atoms with Crippen LogP contribution in [0, 0.1) is 5.92 Å². The quantitative estimate of drug-likeness (QED) is 0.860. The smallest absolute Gasteiger partial charge is 0.0193 e. The van der Waals surface area contributed by atoms with Gasteiger partial charge >= 0.3 is 0 Å². The molecule has 2 rings (SSSR count). The molecule has 1 unspecified atom stereocenters. The first-order valence-electron chi connectivity index (χ1n) is 6.42. The Bertz CT molecular complexity index is 370. The second kappa shape index (κ2) is 5.99. The third-order valence-electron chi connectivity index (χ3n) is 3.39. The van der Waals surface area contributed by atoms with Crippen molar-refractivity contribution in [2.24, 2.45) is 11.7 Å². The summed E-state index contributed by atoms with van der Waals surface area (Å²) in [5.41, 5.74) is 8.43. The summed E-state index contributed by atoms with van der Waals surface area (Å²) in [6, 6.07) is 10.5. The number of likely N-dealkylation sites (tertiary alicyclic amines) is 1. The van der Waals surface area contributed by atoms with Crippen molar-refractivity contribution in [1.82, 2.24) is 4.90 Å². The van der Waals surface area contributed by atoms with Crippen molar-refractivity contribution in [2.75, 3.05) is 26.2 Å². The molecule has 0 saturated carbocycles. The Morgan fingerprint density at radius 3 is 2.82 bits per heavy atom. The Balaban J connectivity index is 1.89. The standard InChI is InChI=1S/C15H22N2/c1-13(9-14-5-3-2-4-6-14)11-17-8-7-15(10-16)12-17/h2-6,9,15H,7-8,10-12,16H2,1H3/b13-9+. The summed E-state index contributed by atoms with van der Waals surface area (Å²) < 4.78 is 0. The summed E-state index contributed by atoms with van der Waals surface area (Å²) in [5.74, 6) is 0.708. The van der Waals surface area contributed by atoms with Crippen LogP contribution in [-0.2, 0) is 0 Å². The van der Waals surface area contributed by atoms with Crippen LogP contribution in [0.1, 0.15) is 18.9 Å². The summed E-state index contributed by atoms with van der Waals surface area (Å²) in [4.78, 5) is 2.51. The fourth-order valence-electron chi connectivity index (χ4n) is 2.48. The van der Waals surface area contributed by atoms with Gasteiger partial charge in [-0.05, 0) is 37.9 Å². The number of nitrogens with zero attached hydrogens (tertiary/aromatic N) is 1. The number of hydrogen-bond acceptors (Lipinski definition) is 2. The van der Waals surface area contributed by atoms with E-state index < -0.39 is 0 Å². The molecule has 1 aliphatic rings. The van der Waals surface area contributed by atoms with Gasteiger partial charge in [-0.1, -0.05) is 42.0 Å². The molecule has 1 fully saturated rings. The highest BCUT2D eigenvalue weighted by Crippen LogP contribution is 2.16. The van der Waals surface area contributed by atoms with E-state index in [0.29, 0.717) is 5.92 Å². The van der Waals surface area contributed by atoms with Gasteiger partial charge in [0.25, 0.3) is 0 Å². The number of rotatable bonds is 4. The largest absolute Gasteiger partial charge is 0.330 e. The summed E-state index contributed by atoms with van der Waals surface area (Å²) in [6.45, 7) is 6.48. The molecule has 1 heterocycles. The second-order valence-corrected chi connectivity index (χ2v) is 5.03. The summed E-state index contributed by atoms with van der Waals surface area (Å²) >= 11 is 0. The van der Waals surface area contributed by atoms with Crippen LogP contribution in [0.3, 0.4) is 0 Å². The zero-order valence-corrected chi connectivity index (χ0v) is 10.6. The van der Waals surface area contributed by atoms with E-state index in [1.807, 2.05) is 0 Å². The second-order valence-electron chi connectivity index (χ2n) is 5.03. The van der Waals surface area contributed by atoms with Gasteiger partial charge in [-0.2, -0.15) is 0 Å². The van der Waals surface area contributed by atoms with E-state index >= 15 is 0 Å². The molecular formula is C15H22N2. The van der Waals surface area contributed by atoms with Gasteiger partial charge in [-0.15, -0.1) is 0 Å². The minimum absolute atomic E-state index is 0.708. The molecule has 17 heavy (non-hydrogen) atoms. The Kier molecular flexibility index (Phi) is 4.35. The van der Waals surface area contributed by atoms with E-state index in [1.165, 1.54) is 24.1 Å². The van der Waals surface area contributed by atoms with Gasteiger partial charge < -0.3 is 5.73 Å². The van der Waals surface area contributed by atoms with Crippen molar-refractivity contribution in [1.29, 1.82) is 0 Å². The lowest BCUT2D eigenvalue weighted by Crippen LogP contribution is -2.24. The molecule has 0 amide bonds. The lowest BCUT2D eigenvalue weighted by molar-refractivity contribution is 0.353. The Morgan fingerprint density at radius 2 is 2.18 bits per heavy atom. The number of nitrogens with two attached hydrogens (primary N) is 1. The lowest BCUT2D eigenvalue weighted by atomic mass is 10.1. The summed E-state index contributed by atoms with van der Waals surface area (Å²) in [5, 5.41) is 0. The SMILES string of the molecule is C/C(=C\c1ccccc1)CN1CCC(CN)C1. The van der Waals surface area contributed by atoms with Crippen LogP contribution in [0.25, 0.3) is 6.08 Å². The number of hydrogen-bond donors (Lipinski definition) is 1. The normalized spacial score (nSPS) is 22.0. The van der Waals surface area contributed by atoms with Crippen LogP contribution in [-0.4, -0.2) is 31.1 Å². The fourth-order valence-corrected chi connectivity index (χ4v) is 2.48. The molecule has 0 spiro atoms. The number of benzene rings is 1. The van der Waals surface area contributed by atoms with Crippen LogP contribution < -0.4 is 5.73 Å². The molecule has 1 aromatic rings. The Labute approximate surface area is 104 Å². The topological polar surface area (TPSA) is 29.3 Å². The monoisotopic (exact) mass is 230 g/mol. The van der Waals surface area contributed by atoms with E-state index in [2.05, 4.69) is 48.2 Å². The van der Waals surface area contributed by atoms with E-state index in [0.717, 1.165) is 19.6 Å². The van der Waals surface area contributed by atoms with Crippen molar-refractivity contribution < 1.29 is 0 Å². The van der Waals surface area contributed by atoms with Crippen LogP contribution in [0.15, 0.2) is 35.9 Å². The summed E-state index contributed by atoms with van der Waals surface area (Å²) in [6.07, 6.45) is 3.53. The molecule has 2 nitrogen and oxygen atoms in total. The Morgan fingerprint density at radius 1 is 1.41 bits per heavy atom. The van der Waals surface area contributed by atoms with Crippen LogP contribution >= 0.6 is 0 Å². The van der Waals surface area contributed by atoms with E-state index in [-0.39, 0.29) is 0 Å². The van der Waals surface area contributed by atoms with Crippen molar-refractivity contribution >= 4 is 6.08 Å². The molecule has 1 saturated heterocycles. The lowest BCUT2D eigenvalue weighted by Gasteiger charge is -2.16. The van der Waals surface area contributed by atoms with Gasteiger partial charge in [0.15, 0.2) is 0 Å². The highest BCUT2D eigenvalue weighted by Gasteiger charge is 2.20. The maximum absolute atomic E-state index is 5.71. The van der Waals surface area contributed by atoms with Crippen molar-refractivity contribution in [3.63, 3.8) is 0 Å². The molecule has 0 bridgehead atoms. The van der Waals surface area contributed by atoms with Crippen molar-refractivity contribution in [2.45, 2.75) is 13.3 Å². The molecule has 1 aromatic carbocycles. The summed E-state index contributed by atoms with van der Waals surface area (Å²) in [7, 11) is 0. The van der Waals surface area contributed by atoms with Gasteiger partial charge in [-0.25, -0.2) is 0 Å². The molecule has 2 N–H and O–H groups in total. The van der Waals surface area contributed by atoms with Crippen LogP contribution in [0.4, 0.5) is 0 Å². The average molecular weight is 230 g/mol. The first kappa shape index (κ1) is 12.3. The molecule has 0 radical (unpaired) electrons. The van der Waals surface area contributed by atoms with Crippen molar-refractivity contribution in [3.05, 3.63) is 41.5 Å². The molecule has 0 aromatic heterocycles. The predicted molar refractivity (Wildman–Crippen MR) is 73.7 cm³/mol. The van der Waals surface area contributed by atoms with Gasteiger partial charge in [0.1, 0.15) is 0 Å². The molecule has 0 aliphatic carbocycles. The van der Waals surface area contributed by atoms with Gasteiger partial charge in [0.2, 0.25) is 0 Å². The molecule has 1 atom stereocenters. The van der Waals surface area contributed by atoms with E-state index in [1.54, 1.807) is 0 Å². The Hall–Kier alpha value is -1.12. The van der Waals surface area contributed by atoms with Gasteiger partial charge in [0, 0.05) is 13.1 Å². The molecule has 2 heteroatoms. The highest BCUT2D eigenvalue weighted by atomic mass is 15.1. The zero-order valence-electron chi connectivity index (χ0n) is 10.6. The van der Waals surface area contributed by atoms with E-state index in [9.17, 15) is 0 Å². The van der Waals surface area contributed by atoms with Crippen molar-refractivity contribution in [3.8, 4) is 0 Å². The molecule has 92 valence electrons. The first-order chi connectivity index (χ1) is 8.28. The van der Waals surface area contributed by atoms with Crippen LogP contribution in [0.5, 0.6) is 0 Å². The van der Waals surface area contributed by atoms with Gasteiger partial charge in [-0.3, -0.25) is 4.90 Å². The molecular weight excluding hydrogens is 208 g/mol. The maximum atomic E-state index is 5.71. The van der Waals surface area contributed by atoms with Gasteiger partial charge in [0.05, 0.1) is 0 Å². The minimum atomic E-state index is 0.708. The fraction of sp³-hybridized carbons (Fsp3) is 0.467. The predicted octanol–water partition coefficient (Wildman–Crippen LogP) is 2.37. The van der Waals surface area contributed by atoms with Crippen LogP contribution in [0.2, 0.25) is 0 Å². The zero-order chi connectivity index (χ0) is 12.1.